The van der Waals surface area contributed by atoms with Crippen LogP contribution in [-0.4, -0.2) is 28.3 Å². The number of hydrogen-bond donors (Lipinski definition) is 0. The molecule has 0 N–H and O–H groups in total. The average molecular weight is 471 g/mol. The molecule has 0 saturated carbocycles. The van der Waals surface area contributed by atoms with Crippen molar-refractivity contribution < 1.29 is 14.3 Å². The summed E-state index contributed by atoms with van der Waals surface area (Å²) >= 11 is 3.14. The number of rotatable bonds is 9. The van der Waals surface area contributed by atoms with Crippen molar-refractivity contribution in [1.29, 1.82) is 0 Å². The molecule has 0 saturated heterocycles. The number of benzene rings is 2. The number of thioether (sulfide) groups is 1. The second-order valence-corrected chi connectivity index (χ2v) is 10.5. The third kappa shape index (κ3) is 6.33. The average Bonchev–Trinajstić information content (AvgIpc) is 3.08. The van der Waals surface area contributed by atoms with Crippen molar-refractivity contribution in [3.05, 3.63) is 58.4 Å². The first-order valence-corrected chi connectivity index (χ1v) is 12.7. The highest BCUT2D eigenvalue weighted by atomic mass is 32.2. The van der Waals surface area contributed by atoms with Crippen molar-refractivity contribution in [1.82, 2.24) is 4.57 Å². The van der Waals surface area contributed by atoms with E-state index in [0.29, 0.717) is 22.2 Å². The van der Waals surface area contributed by atoms with Crippen LogP contribution in [0.3, 0.4) is 0 Å². The van der Waals surface area contributed by atoms with Crippen molar-refractivity contribution in [3.8, 4) is 0 Å². The lowest BCUT2D eigenvalue weighted by Crippen LogP contribution is -2.23. The predicted octanol–water partition coefficient (Wildman–Crippen LogP) is 5.85. The van der Waals surface area contributed by atoms with Gasteiger partial charge in [0.1, 0.15) is 6.54 Å². The molecule has 0 aliphatic carbocycles. The maximum Gasteiger partial charge on any atom is 0.326 e. The van der Waals surface area contributed by atoms with E-state index in [2.05, 4.69) is 37.9 Å². The molecule has 0 unspecified atom stereocenters. The second kappa shape index (κ2) is 11.5. The van der Waals surface area contributed by atoms with E-state index in [4.69, 9.17) is 4.74 Å². The van der Waals surface area contributed by atoms with E-state index in [1.807, 2.05) is 24.3 Å². The van der Waals surface area contributed by atoms with Gasteiger partial charge in [-0.3, -0.25) is 9.59 Å². The standard InChI is InChI=1S/C25H30N2O3S2/c1-5-7-9-18-12-13-21-22(14-18)32-25(27(21)16-23(28)30-6-2)26-24(29)19-10-8-11-20(15-19)31-17(3)4/h8,10-15,17H,5-7,9,16H2,1-4H3. The topological polar surface area (TPSA) is 60.7 Å². The van der Waals surface area contributed by atoms with E-state index in [-0.39, 0.29) is 18.4 Å². The number of esters is 1. The van der Waals surface area contributed by atoms with Gasteiger partial charge in [-0.2, -0.15) is 4.99 Å². The largest absolute Gasteiger partial charge is 0.465 e. The van der Waals surface area contributed by atoms with Gasteiger partial charge < -0.3 is 9.30 Å². The monoisotopic (exact) mass is 470 g/mol. The minimum absolute atomic E-state index is 0.0253. The number of amides is 1. The zero-order chi connectivity index (χ0) is 23.1. The summed E-state index contributed by atoms with van der Waals surface area (Å²) in [6, 6.07) is 13.8. The fourth-order valence-electron chi connectivity index (χ4n) is 3.35. The highest BCUT2D eigenvalue weighted by Crippen LogP contribution is 2.24. The lowest BCUT2D eigenvalue weighted by atomic mass is 10.1. The molecule has 32 heavy (non-hydrogen) atoms. The van der Waals surface area contributed by atoms with Gasteiger partial charge in [-0.15, -0.1) is 11.8 Å². The number of nitrogens with zero attached hydrogens (tertiary/aromatic N) is 2. The molecule has 3 aromatic rings. The molecule has 0 bridgehead atoms. The highest BCUT2D eigenvalue weighted by molar-refractivity contribution is 7.99. The Bertz CT molecular complexity index is 1160. The number of hydrogen-bond acceptors (Lipinski definition) is 5. The van der Waals surface area contributed by atoms with E-state index in [9.17, 15) is 9.59 Å². The Morgan fingerprint density at radius 3 is 2.69 bits per heavy atom. The Labute approximate surface area is 197 Å². The number of thiazole rings is 1. The first-order chi connectivity index (χ1) is 15.4. The maximum atomic E-state index is 13.0. The summed E-state index contributed by atoms with van der Waals surface area (Å²) in [5.74, 6) is -0.655. The summed E-state index contributed by atoms with van der Waals surface area (Å²) in [6.45, 7) is 8.53. The minimum atomic E-state index is -0.341. The predicted molar refractivity (Wildman–Crippen MR) is 132 cm³/mol. The molecule has 0 aliphatic heterocycles. The SMILES string of the molecule is CCCCc1ccc2c(c1)sc(=NC(=O)c1cccc(SC(C)C)c1)n2CC(=O)OCC. The molecule has 0 spiro atoms. The zero-order valence-corrected chi connectivity index (χ0v) is 20.7. The van der Waals surface area contributed by atoms with Crippen molar-refractivity contribution in [2.75, 3.05) is 6.61 Å². The number of carbonyl (C=O) groups is 2. The Kier molecular flexibility index (Phi) is 8.70. The number of aryl methyl sites for hydroxylation is 1. The summed E-state index contributed by atoms with van der Waals surface area (Å²) in [7, 11) is 0. The molecule has 1 heterocycles. The number of fused-ring (bicyclic) bond motifs is 1. The molecule has 7 heteroatoms. The van der Waals surface area contributed by atoms with E-state index in [1.165, 1.54) is 16.9 Å². The van der Waals surface area contributed by atoms with Crippen molar-refractivity contribution in [2.24, 2.45) is 4.99 Å². The zero-order valence-electron chi connectivity index (χ0n) is 19.1. The summed E-state index contributed by atoms with van der Waals surface area (Å²) < 4.78 is 7.95. The van der Waals surface area contributed by atoms with Crippen LogP contribution in [0.2, 0.25) is 0 Å². The van der Waals surface area contributed by atoms with Crippen LogP contribution in [-0.2, 0) is 22.5 Å². The number of ether oxygens (including phenoxy) is 1. The summed E-state index contributed by atoms with van der Waals surface area (Å²) in [5.41, 5.74) is 2.68. The summed E-state index contributed by atoms with van der Waals surface area (Å²) in [6.07, 6.45) is 3.27. The van der Waals surface area contributed by atoms with Crippen LogP contribution in [0.4, 0.5) is 0 Å². The fraction of sp³-hybridized carbons (Fsp3) is 0.400. The Morgan fingerprint density at radius 2 is 1.97 bits per heavy atom. The number of unbranched alkanes of at least 4 members (excludes halogenated alkanes) is 1. The molecule has 3 rings (SSSR count). The van der Waals surface area contributed by atoms with Gasteiger partial charge in [0.25, 0.3) is 5.91 Å². The van der Waals surface area contributed by atoms with Crippen LogP contribution in [0.15, 0.2) is 52.4 Å². The number of carbonyl (C=O) groups excluding carboxylic acids is 2. The Balaban J connectivity index is 2.03. The van der Waals surface area contributed by atoms with Crippen LogP contribution in [0.25, 0.3) is 10.2 Å². The molecular weight excluding hydrogens is 440 g/mol. The normalized spacial score (nSPS) is 12.0. The molecule has 170 valence electrons. The Morgan fingerprint density at radius 1 is 1.16 bits per heavy atom. The molecule has 1 amide bonds. The van der Waals surface area contributed by atoms with Gasteiger partial charge in [-0.05, 0) is 55.7 Å². The molecule has 5 nitrogen and oxygen atoms in total. The van der Waals surface area contributed by atoms with Gasteiger partial charge in [0.15, 0.2) is 4.80 Å². The lowest BCUT2D eigenvalue weighted by Gasteiger charge is -2.06. The number of aromatic nitrogens is 1. The molecule has 0 atom stereocenters. The lowest BCUT2D eigenvalue weighted by molar-refractivity contribution is -0.143. The van der Waals surface area contributed by atoms with Gasteiger partial charge in [0.05, 0.1) is 16.8 Å². The maximum absolute atomic E-state index is 13.0. The van der Waals surface area contributed by atoms with Crippen LogP contribution in [0, 0.1) is 0 Å². The Hall–Kier alpha value is -2.38. The van der Waals surface area contributed by atoms with Crippen LogP contribution < -0.4 is 4.80 Å². The fourth-order valence-corrected chi connectivity index (χ4v) is 5.34. The van der Waals surface area contributed by atoms with Gasteiger partial charge >= 0.3 is 5.97 Å². The third-order valence-electron chi connectivity index (χ3n) is 4.81. The van der Waals surface area contributed by atoms with Gasteiger partial charge in [0, 0.05) is 15.7 Å². The van der Waals surface area contributed by atoms with Gasteiger partial charge in [-0.25, -0.2) is 0 Å². The summed E-state index contributed by atoms with van der Waals surface area (Å²) in [5, 5.41) is 0.425. The smallest absolute Gasteiger partial charge is 0.326 e. The minimum Gasteiger partial charge on any atom is -0.465 e. The van der Waals surface area contributed by atoms with Crippen molar-refractivity contribution >= 4 is 45.2 Å². The molecule has 2 aromatic carbocycles. The van der Waals surface area contributed by atoms with Gasteiger partial charge in [0.2, 0.25) is 0 Å². The first kappa shape index (κ1) is 24.3. The van der Waals surface area contributed by atoms with Crippen LogP contribution >= 0.6 is 23.1 Å². The van der Waals surface area contributed by atoms with Gasteiger partial charge in [-0.1, -0.05) is 50.7 Å². The van der Waals surface area contributed by atoms with Crippen LogP contribution in [0.5, 0.6) is 0 Å². The van der Waals surface area contributed by atoms with E-state index in [0.717, 1.165) is 34.4 Å². The van der Waals surface area contributed by atoms with Crippen molar-refractivity contribution in [2.45, 2.75) is 63.6 Å². The molecule has 0 aliphatic rings. The first-order valence-electron chi connectivity index (χ1n) is 11.0. The highest BCUT2D eigenvalue weighted by Gasteiger charge is 2.14. The van der Waals surface area contributed by atoms with Crippen LogP contribution in [0.1, 0.15) is 56.5 Å². The molecule has 0 radical (unpaired) electrons. The van der Waals surface area contributed by atoms with Crippen molar-refractivity contribution in [3.63, 3.8) is 0 Å². The quantitative estimate of drug-likeness (QED) is 0.291. The van der Waals surface area contributed by atoms with E-state index < -0.39 is 0 Å². The van der Waals surface area contributed by atoms with E-state index in [1.54, 1.807) is 29.3 Å². The molecular formula is C25H30N2O3S2. The second-order valence-electron chi connectivity index (χ2n) is 7.79. The molecule has 0 fully saturated rings. The molecule has 1 aromatic heterocycles. The summed E-state index contributed by atoms with van der Waals surface area (Å²) in [4.78, 5) is 31.2. The third-order valence-corrected chi connectivity index (χ3v) is 6.85. The van der Waals surface area contributed by atoms with E-state index >= 15 is 0 Å².